The Morgan fingerprint density at radius 1 is 0.700 bits per heavy atom. The zero-order chi connectivity index (χ0) is 22.0. The van der Waals surface area contributed by atoms with Crippen molar-refractivity contribution >= 4 is 5.97 Å². The number of carbonyl (C=O) groups is 1. The van der Waals surface area contributed by atoms with E-state index < -0.39 is 5.97 Å². The lowest BCUT2D eigenvalue weighted by Crippen LogP contribution is -2.07. The molecule has 3 aromatic rings. The highest BCUT2D eigenvalue weighted by molar-refractivity contribution is 5.91. The van der Waals surface area contributed by atoms with E-state index >= 15 is 0 Å². The van der Waals surface area contributed by atoms with Crippen LogP contribution in [-0.4, -0.2) is 16.2 Å². The van der Waals surface area contributed by atoms with Crippen LogP contribution in [0, 0.1) is 6.92 Å². The van der Waals surface area contributed by atoms with Crippen molar-refractivity contribution in [2.24, 2.45) is 0 Å². The average Bonchev–Trinajstić information content (AvgIpc) is 2.71. The number of carboxylic acids is 1. The summed E-state index contributed by atoms with van der Waals surface area (Å²) in [4.78, 5) is 11.7. The number of carboxylic acid groups (broad SMARTS) is 1. The molecule has 3 rings (SSSR count). The number of rotatable bonds is 6. The van der Waals surface area contributed by atoms with E-state index in [1.54, 1.807) is 13.0 Å². The molecule has 0 amide bonds. The second-order valence-electron chi connectivity index (χ2n) is 8.61. The van der Waals surface area contributed by atoms with Gasteiger partial charge in [-0.15, -0.1) is 0 Å². The molecule has 0 saturated heterocycles. The van der Waals surface area contributed by atoms with Crippen molar-refractivity contribution < 1.29 is 15.0 Å². The van der Waals surface area contributed by atoms with Gasteiger partial charge in [-0.05, 0) is 58.2 Å². The maximum absolute atomic E-state index is 11.7. The first kappa shape index (κ1) is 21.6. The van der Waals surface area contributed by atoms with Crippen LogP contribution in [0.3, 0.4) is 0 Å². The standard InChI is InChI=1S/C27H30O3/c1-16(2)19-6-10-21(11-7-19)25(22-12-8-20(9-13-22)17(3)4)23-14-18(5)26(28)24(15-23)27(29)30/h6-17,25,28H,1-5H3,(H,29,30). The molecule has 0 fully saturated rings. The van der Waals surface area contributed by atoms with E-state index in [9.17, 15) is 15.0 Å². The van der Waals surface area contributed by atoms with Crippen LogP contribution in [0.15, 0.2) is 60.7 Å². The van der Waals surface area contributed by atoms with Crippen LogP contribution in [0.4, 0.5) is 0 Å². The third kappa shape index (κ3) is 4.40. The second kappa shape index (κ2) is 8.74. The first-order chi connectivity index (χ1) is 14.2. The molecule has 0 spiro atoms. The van der Waals surface area contributed by atoms with Gasteiger partial charge >= 0.3 is 5.97 Å². The Kier molecular flexibility index (Phi) is 6.31. The molecule has 0 saturated carbocycles. The lowest BCUT2D eigenvalue weighted by molar-refractivity contribution is 0.0693. The Balaban J connectivity index is 2.18. The topological polar surface area (TPSA) is 57.5 Å². The van der Waals surface area contributed by atoms with Crippen molar-refractivity contribution in [1.29, 1.82) is 0 Å². The molecular weight excluding hydrogens is 372 g/mol. The predicted octanol–water partition coefficient (Wildman–Crippen LogP) is 6.83. The van der Waals surface area contributed by atoms with Crippen molar-refractivity contribution in [2.45, 2.75) is 52.4 Å². The monoisotopic (exact) mass is 402 g/mol. The number of aromatic carboxylic acids is 1. The van der Waals surface area contributed by atoms with Crippen LogP contribution in [0.25, 0.3) is 0 Å². The Labute approximate surface area is 179 Å². The first-order valence-corrected chi connectivity index (χ1v) is 10.5. The van der Waals surface area contributed by atoms with Gasteiger partial charge in [0.2, 0.25) is 0 Å². The number of aromatic hydroxyl groups is 1. The average molecular weight is 403 g/mol. The van der Waals surface area contributed by atoms with E-state index in [1.807, 2.05) is 6.07 Å². The smallest absolute Gasteiger partial charge is 0.339 e. The van der Waals surface area contributed by atoms with Gasteiger partial charge in [0.25, 0.3) is 0 Å². The van der Waals surface area contributed by atoms with Gasteiger partial charge in [-0.2, -0.15) is 0 Å². The van der Waals surface area contributed by atoms with E-state index in [0.29, 0.717) is 17.4 Å². The number of benzene rings is 3. The summed E-state index contributed by atoms with van der Waals surface area (Å²) in [6.07, 6.45) is 0. The molecular formula is C27H30O3. The molecule has 0 atom stereocenters. The molecule has 0 radical (unpaired) electrons. The van der Waals surface area contributed by atoms with E-state index in [-0.39, 0.29) is 17.2 Å². The van der Waals surface area contributed by atoms with E-state index in [0.717, 1.165) is 16.7 Å². The van der Waals surface area contributed by atoms with Gasteiger partial charge in [0, 0.05) is 5.92 Å². The number of aryl methyl sites for hydroxylation is 1. The Morgan fingerprint density at radius 3 is 1.47 bits per heavy atom. The molecule has 0 aliphatic rings. The molecule has 0 aliphatic heterocycles. The Morgan fingerprint density at radius 2 is 1.10 bits per heavy atom. The fourth-order valence-corrected chi connectivity index (χ4v) is 3.86. The van der Waals surface area contributed by atoms with Gasteiger partial charge in [-0.1, -0.05) is 82.3 Å². The number of phenols is 1. The summed E-state index contributed by atoms with van der Waals surface area (Å²) >= 11 is 0. The predicted molar refractivity (Wildman–Crippen MR) is 122 cm³/mol. The summed E-state index contributed by atoms with van der Waals surface area (Å²) in [5, 5.41) is 19.8. The highest BCUT2D eigenvalue weighted by atomic mass is 16.4. The largest absolute Gasteiger partial charge is 0.507 e. The highest BCUT2D eigenvalue weighted by Gasteiger charge is 2.22. The Bertz CT molecular complexity index is 977. The fraction of sp³-hybridized carbons (Fsp3) is 0.296. The van der Waals surface area contributed by atoms with Crippen molar-refractivity contribution in [3.05, 3.63) is 99.6 Å². The van der Waals surface area contributed by atoms with Crippen LogP contribution >= 0.6 is 0 Å². The van der Waals surface area contributed by atoms with Crippen molar-refractivity contribution in [1.82, 2.24) is 0 Å². The maximum Gasteiger partial charge on any atom is 0.339 e. The zero-order valence-electron chi connectivity index (χ0n) is 18.3. The molecule has 0 aromatic heterocycles. The van der Waals surface area contributed by atoms with Gasteiger partial charge in [-0.3, -0.25) is 0 Å². The minimum Gasteiger partial charge on any atom is -0.507 e. The third-order valence-electron chi connectivity index (χ3n) is 5.76. The SMILES string of the molecule is Cc1cc(C(c2ccc(C(C)C)cc2)c2ccc(C(C)C)cc2)cc(C(=O)O)c1O. The molecule has 0 aliphatic carbocycles. The minimum atomic E-state index is -1.12. The summed E-state index contributed by atoms with van der Waals surface area (Å²) < 4.78 is 0. The third-order valence-corrected chi connectivity index (χ3v) is 5.76. The zero-order valence-corrected chi connectivity index (χ0v) is 18.3. The van der Waals surface area contributed by atoms with Crippen molar-refractivity contribution in [3.8, 4) is 5.75 Å². The second-order valence-corrected chi connectivity index (χ2v) is 8.61. The summed E-state index contributed by atoms with van der Waals surface area (Å²) in [5.74, 6) is -0.531. The Hall–Kier alpha value is -3.07. The van der Waals surface area contributed by atoms with Crippen molar-refractivity contribution in [2.75, 3.05) is 0 Å². The highest BCUT2D eigenvalue weighted by Crippen LogP contribution is 2.36. The van der Waals surface area contributed by atoms with Gasteiger partial charge < -0.3 is 10.2 Å². The van der Waals surface area contributed by atoms with Gasteiger partial charge in [0.15, 0.2) is 0 Å². The molecule has 0 bridgehead atoms. The molecule has 3 nitrogen and oxygen atoms in total. The number of hydrogen-bond donors (Lipinski definition) is 2. The molecule has 2 N–H and O–H groups in total. The van der Waals surface area contributed by atoms with Gasteiger partial charge in [0.05, 0.1) is 0 Å². The molecule has 3 aromatic carbocycles. The molecule has 0 heterocycles. The van der Waals surface area contributed by atoms with Crippen LogP contribution in [-0.2, 0) is 0 Å². The van der Waals surface area contributed by atoms with Crippen LogP contribution in [0.2, 0.25) is 0 Å². The van der Waals surface area contributed by atoms with Crippen molar-refractivity contribution in [3.63, 3.8) is 0 Å². The molecule has 156 valence electrons. The summed E-state index contributed by atoms with van der Waals surface area (Å²) in [5.41, 5.74) is 6.08. The molecule has 3 heteroatoms. The van der Waals surface area contributed by atoms with Gasteiger partial charge in [0.1, 0.15) is 11.3 Å². The maximum atomic E-state index is 11.7. The minimum absolute atomic E-state index is 0.0624. The van der Waals surface area contributed by atoms with E-state index in [4.69, 9.17) is 0 Å². The lowest BCUT2D eigenvalue weighted by Gasteiger charge is -2.22. The van der Waals surface area contributed by atoms with Crippen LogP contribution in [0.5, 0.6) is 5.75 Å². The molecule has 30 heavy (non-hydrogen) atoms. The normalized spacial score (nSPS) is 11.5. The van der Waals surface area contributed by atoms with E-state index in [1.165, 1.54) is 11.1 Å². The lowest BCUT2D eigenvalue weighted by atomic mass is 9.82. The van der Waals surface area contributed by atoms with E-state index in [2.05, 4.69) is 76.2 Å². The summed E-state index contributed by atoms with van der Waals surface area (Å²) in [6, 6.07) is 20.5. The van der Waals surface area contributed by atoms with Gasteiger partial charge in [-0.25, -0.2) is 4.79 Å². The first-order valence-electron chi connectivity index (χ1n) is 10.5. The number of hydrogen-bond acceptors (Lipinski definition) is 2. The van der Waals surface area contributed by atoms with Crippen LogP contribution in [0.1, 0.15) is 89.2 Å². The molecule has 0 unspecified atom stereocenters. The summed E-state index contributed by atoms with van der Waals surface area (Å²) in [6.45, 7) is 10.4. The quantitative estimate of drug-likeness (QED) is 0.444. The van der Waals surface area contributed by atoms with Crippen LogP contribution < -0.4 is 0 Å². The fourth-order valence-electron chi connectivity index (χ4n) is 3.86. The summed E-state index contributed by atoms with van der Waals surface area (Å²) in [7, 11) is 0.